The van der Waals surface area contributed by atoms with Crippen LogP contribution in [0.15, 0.2) is 0 Å². The number of nitrogens with one attached hydrogen (secondary N) is 1. The van der Waals surface area contributed by atoms with Crippen molar-refractivity contribution in [3.63, 3.8) is 0 Å². The molecular formula is C7H13NO. The first kappa shape index (κ1) is 5.69. The van der Waals surface area contributed by atoms with E-state index in [0.29, 0.717) is 5.92 Å². The maximum absolute atomic E-state index is 9.36. The molecule has 1 saturated carbocycles. The first-order chi connectivity index (χ1) is 4.36. The molecule has 2 fully saturated rings. The molecule has 0 aromatic rings. The SMILES string of the molecule is OC1CC2CNCC1C2. The Labute approximate surface area is 55.3 Å². The van der Waals surface area contributed by atoms with E-state index in [1.807, 2.05) is 0 Å². The Morgan fingerprint density at radius 1 is 1.22 bits per heavy atom. The summed E-state index contributed by atoms with van der Waals surface area (Å²) < 4.78 is 0. The molecule has 0 aromatic heterocycles. The van der Waals surface area contributed by atoms with Crippen LogP contribution in [0, 0.1) is 11.8 Å². The van der Waals surface area contributed by atoms with Gasteiger partial charge < -0.3 is 10.4 Å². The summed E-state index contributed by atoms with van der Waals surface area (Å²) in [6.45, 7) is 2.17. The van der Waals surface area contributed by atoms with Gasteiger partial charge in [-0.15, -0.1) is 0 Å². The first-order valence-electron chi connectivity index (χ1n) is 3.75. The smallest absolute Gasteiger partial charge is 0.0583 e. The van der Waals surface area contributed by atoms with E-state index in [1.165, 1.54) is 6.42 Å². The van der Waals surface area contributed by atoms with E-state index < -0.39 is 0 Å². The van der Waals surface area contributed by atoms with E-state index in [9.17, 15) is 5.11 Å². The summed E-state index contributed by atoms with van der Waals surface area (Å²) in [5.74, 6) is 1.35. The van der Waals surface area contributed by atoms with Crippen LogP contribution in [0.4, 0.5) is 0 Å². The molecule has 1 aliphatic carbocycles. The highest BCUT2D eigenvalue weighted by Crippen LogP contribution is 2.32. The molecule has 1 aliphatic heterocycles. The predicted octanol–water partition coefficient (Wildman–Crippen LogP) is -0.0233. The molecule has 0 radical (unpaired) electrons. The van der Waals surface area contributed by atoms with Crippen molar-refractivity contribution in [1.29, 1.82) is 0 Å². The Hall–Kier alpha value is -0.0800. The molecule has 2 aliphatic rings. The molecule has 0 aromatic carbocycles. The number of piperidine rings is 1. The number of aliphatic hydroxyl groups excluding tert-OH is 1. The molecule has 2 heteroatoms. The minimum absolute atomic E-state index is 0.00463. The molecule has 52 valence electrons. The largest absolute Gasteiger partial charge is 0.393 e. The molecule has 0 spiro atoms. The van der Waals surface area contributed by atoms with Crippen LogP contribution in [0.1, 0.15) is 12.8 Å². The van der Waals surface area contributed by atoms with Crippen LogP contribution in [-0.2, 0) is 0 Å². The maximum atomic E-state index is 9.36. The fourth-order valence-corrected chi connectivity index (χ4v) is 2.07. The maximum Gasteiger partial charge on any atom is 0.0583 e. The van der Waals surface area contributed by atoms with Gasteiger partial charge in [-0.2, -0.15) is 0 Å². The highest BCUT2D eigenvalue weighted by molar-refractivity contribution is 4.89. The van der Waals surface area contributed by atoms with E-state index in [0.717, 1.165) is 25.4 Å². The van der Waals surface area contributed by atoms with Gasteiger partial charge in [0.2, 0.25) is 0 Å². The molecular weight excluding hydrogens is 114 g/mol. The number of hydrogen-bond acceptors (Lipinski definition) is 2. The van der Waals surface area contributed by atoms with Crippen LogP contribution in [0.5, 0.6) is 0 Å². The highest BCUT2D eigenvalue weighted by atomic mass is 16.3. The summed E-state index contributed by atoms with van der Waals surface area (Å²) in [7, 11) is 0. The molecule has 9 heavy (non-hydrogen) atoms. The molecule has 2 bridgehead atoms. The van der Waals surface area contributed by atoms with Crippen LogP contribution in [0.25, 0.3) is 0 Å². The molecule has 1 saturated heterocycles. The lowest BCUT2D eigenvalue weighted by atomic mass is 10.0. The van der Waals surface area contributed by atoms with Gasteiger partial charge in [0.05, 0.1) is 6.10 Å². The second kappa shape index (κ2) is 1.96. The summed E-state index contributed by atoms with van der Waals surface area (Å²) >= 11 is 0. The Morgan fingerprint density at radius 3 is 2.78 bits per heavy atom. The lowest BCUT2D eigenvalue weighted by molar-refractivity contribution is 0.135. The molecule has 2 rings (SSSR count). The second-order valence-corrected chi connectivity index (χ2v) is 3.32. The molecule has 2 nitrogen and oxygen atoms in total. The van der Waals surface area contributed by atoms with Crippen molar-refractivity contribution < 1.29 is 5.11 Å². The molecule has 1 heterocycles. The van der Waals surface area contributed by atoms with Crippen LogP contribution >= 0.6 is 0 Å². The summed E-state index contributed by atoms with van der Waals surface area (Å²) in [6, 6.07) is 0. The van der Waals surface area contributed by atoms with E-state index in [-0.39, 0.29) is 6.10 Å². The third-order valence-corrected chi connectivity index (χ3v) is 2.59. The van der Waals surface area contributed by atoms with Crippen molar-refractivity contribution in [2.45, 2.75) is 18.9 Å². The van der Waals surface area contributed by atoms with Crippen molar-refractivity contribution in [2.24, 2.45) is 11.8 Å². The standard InChI is InChI=1S/C7H13NO/c9-7-2-5-1-6(7)4-8-3-5/h5-9H,1-4H2. The van der Waals surface area contributed by atoms with Gasteiger partial charge in [-0.1, -0.05) is 0 Å². The van der Waals surface area contributed by atoms with Crippen LogP contribution < -0.4 is 5.32 Å². The second-order valence-electron chi connectivity index (χ2n) is 3.32. The van der Waals surface area contributed by atoms with E-state index >= 15 is 0 Å². The topological polar surface area (TPSA) is 32.3 Å². The van der Waals surface area contributed by atoms with E-state index in [4.69, 9.17) is 0 Å². The minimum Gasteiger partial charge on any atom is -0.393 e. The van der Waals surface area contributed by atoms with Gasteiger partial charge in [0.1, 0.15) is 0 Å². The highest BCUT2D eigenvalue weighted by Gasteiger charge is 2.35. The van der Waals surface area contributed by atoms with Crippen LogP contribution in [0.2, 0.25) is 0 Å². The first-order valence-corrected chi connectivity index (χ1v) is 3.75. The quantitative estimate of drug-likeness (QED) is 0.479. The van der Waals surface area contributed by atoms with Gasteiger partial charge in [0.25, 0.3) is 0 Å². The Kier molecular flexibility index (Phi) is 1.24. The van der Waals surface area contributed by atoms with Gasteiger partial charge >= 0.3 is 0 Å². The fourth-order valence-electron chi connectivity index (χ4n) is 2.07. The van der Waals surface area contributed by atoms with Crippen molar-refractivity contribution in [1.82, 2.24) is 5.32 Å². The summed E-state index contributed by atoms with van der Waals surface area (Å²) in [6.07, 6.45) is 2.30. The van der Waals surface area contributed by atoms with Crippen molar-refractivity contribution in [3.8, 4) is 0 Å². The number of hydrogen-bond donors (Lipinski definition) is 2. The lowest BCUT2D eigenvalue weighted by Gasteiger charge is -2.19. The lowest BCUT2D eigenvalue weighted by Crippen LogP contribution is -2.32. The zero-order valence-corrected chi connectivity index (χ0v) is 5.51. The number of fused-ring (bicyclic) bond motifs is 2. The molecule has 2 N–H and O–H groups in total. The average Bonchev–Trinajstić information content (AvgIpc) is 2.09. The predicted molar refractivity (Wildman–Crippen MR) is 35.1 cm³/mol. The summed E-state index contributed by atoms with van der Waals surface area (Å²) in [4.78, 5) is 0. The Bertz CT molecular complexity index is 113. The van der Waals surface area contributed by atoms with E-state index in [2.05, 4.69) is 5.32 Å². The third kappa shape index (κ3) is 0.864. The number of aliphatic hydroxyl groups is 1. The molecule has 3 unspecified atom stereocenters. The van der Waals surface area contributed by atoms with E-state index in [1.54, 1.807) is 0 Å². The normalized spacial score (nSPS) is 49.7. The monoisotopic (exact) mass is 127 g/mol. The zero-order chi connectivity index (χ0) is 6.27. The summed E-state index contributed by atoms with van der Waals surface area (Å²) in [5, 5.41) is 12.7. The Morgan fingerprint density at radius 2 is 2.11 bits per heavy atom. The molecule has 3 atom stereocenters. The molecule has 0 amide bonds. The summed E-state index contributed by atoms with van der Waals surface area (Å²) in [5.41, 5.74) is 0. The minimum atomic E-state index is 0.00463. The van der Waals surface area contributed by atoms with Gasteiger partial charge in [0.15, 0.2) is 0 Å². The van der Waals surface area contributed by atoms with Crippen molar-refractivity contribution in [3.05, 3.63) is 0 Å². The number of rotatable bonds is 0. The van der Waals surface area contributed by atoms with Crippen molar-refractivity contribution in [2.75, 3.05) is 13.1 Å². The average molecular weight is 127 g/mol. The van der Waals surface area contributed by atoms with Gasteiger partial charge in [-0.3, -0.25) is 0 Å². The van der Waals surface area contributed by atoms with Gasteiger partial charge in [-0.25, -0.2) is 0 Å². The zero-order valence-electron chi connectivity index (χ0n) is 5.51. The van der Waals surface area contributed by atoms with Gasteiger partial charge in [-0.05, 0) is 31.2 Å². The third-order valence-electron chi connectivity index (χ3n) is 2.59. The van der Waals surface area contributed by atoms with Gasteiger partial charge in [0, 0.05) is 6.54 Å². The fraction of sp³-hybridized carbons (Fsp3) is 1.00. The van der Waals surface area contributed by atoms with Crippen LogP contribution in [0.3, 0.4) is 0 Å². The Balaban J connectivity index is 2.07. The van der Waals surface area contributed by atoms with Crippen molar-refractivity contribution >= 4 is 0 Å². The van der Waals surface area contributed by atoms with Crippen LogP contribution in [-0.4, -0.2) is 24.3 Å².